The van der Waals surface area contributed by atoms with E-state index in [0.29, 0.717) is 82.4 Å². The van der Waals surface area contributed by atoms with E-state index in [1.807, 2.05) is 59.7 Å². The van der Waals surface area contributed by atoms with E-state index in [1.54, 1.807) is 63.8 Å². The molecule has 0 heterocycles. The predicted octanol–water partition coefficient (Wildman–Crippen LogP) is 7.93. The molecule has 55 heavy (non-hydrogen) atoms. The van der Waals surface area contributed by atoms with Gasteiger partial charge in [0.25, 0.3) is 6.47 Å². The molecule has 0 saturated carbocycles. The number of hydrogen-bond acceptors (Lipinski definition) is 11. The Morgan fingerprint density at radius 1 is 0.509 bits per heavy atom. The van der Waals surface area contributed by atoms with E-state index in [-0.39, 0.29) is 18.0 Å². The molecule has 0 atom stereocenters. The average Bonchev–Trinajstić information content (AvgIpc) is 3.17. The highest BCUT2D eigenvalue weighted by atomic mass is 16.5. The van der Waals surface area contributed by atoms with Crippen LogP contribution in [0, 0.1) is 23.7 Å². The van der Waals surface area contributed by atoms with Crippen molar-refractivity contribution in [2.24, 2.45) is 0 Å². The van der Waals surface area contributed by atoms with Crippen LogP contribution in [0.3, 0.4) is 0 Å². The molecule has 0 unspecified atom stereocenters. The quantitative estimate of drug-likeness (QED) is 0.0871. The molecular weight excluding hydrogens is 704 g/mol. The molecule has 0 amide bonds. The summed E-state index contributed by atoms with van der Waals surface area (Å²) in [4.78, 5) is 22.4. The number of carbonyl (C=O) groups is 2. The maximum absolute atomic E-state index is 11.5. The predicted molar refractivity (Wildman–Crippen MR) is 210 cm³/mol. The highest BCUT2D eigenvalue weighted by Gasteiger charge is 2.14. The second-order valence-electron chi connectivity index (χ2n) is 11.9. The minimum atomic E-state index is -0.0637. The fraction of sp³-hybridized carbons (Fsp3) is 0.318. The standard InChI is InChI=1S/C22H24O6.C22H24O5/c1-6-26-21-11-16(8-10-18(21)24-4)7-9-17-12-20(25-5)22(28-15(2)3)13-19(17)27-14-23;1-6-26-21-11-16(8-10-19(21)24-4)7-9-17-12-20(25-5)22(27-15(2)3)13-18(17)14-23/h8,10-15H,6H2,1-5H3;8,10-15H,6H2,1-5H3. The fourth-order valence-electron chi connectivity index (χ4n) is 4.91. The lowest BCUT2D eigenvalue weighted by atomic mass is 10.1. The molecular formula is C44H48O11. The molecule has 0 aliphatic heterocycles. The molecule has 0 aromatic heterocycles. The number of hydrogen-bond donors (Lipinski definition) is 0. The van der Waals surface area contributed by atoms with E-state index >= 15 is 0 Å². The van der Waals surface area contributed by atoms with Gasteiger partial charge in [-0.2, -0.15) is 0 Å². The summed E-state index contributed by atoms with van der Waals surface area (Å²) in [5, 5.41) is 0. The maximum atomic E-state index is 11.5. The van der Waals surface area contributed by atoms with E-state index in [1.165, 1.54) is 7.11 Å². The first-order valence-corrected chi connectivity index (χ1v) is 17.5. The fourth-order valence-corrected chi connectivity index (χ4v) is 4.91. The molecule has 0 fully saturated rings. The zero-order valence-corrected chi connectivity index (χ0v) is 33.0. The topological polar surface area (TPSA) is 117 Å². The third kappa shape index (κ3) is 12.6. The molecule has 0 aliphatic carbocycles. The molecule has 0 aliphatic rings. The summed E-state index contributed by atoms with van der Waals surface area (Å²) in [6, 6.07) is 17.5. The van der Waals surface area contributed by atoms with Crippen molar-refractivity contribution >= 4 is 12.8 Å². The summed E-state index contributed by atoms with van der Waals surface area (Å²) in [5.41, 5.74) is 2.97. The molecule has 0 radical (unpaired) electrons. The third-order valence-electron chi connectivity index (χ3n) is 7.24. The van der Waals surface area contributed by atoms with Crippen LogP contribution in [0.15, 0.2) is 60.7 Å². The van der Waals surface area contributed by atoms with E-state index in [4.69, 9.17) is 42.6 Å². The molecule has 4 aromatic rings. The molecule has 11 heteroatoms. The smallest absolute Gasteiger partial charge is 0.298 e. The molecule has 0 bridgehead atoms. The molecule has 4 rings (SSSR count). The van der Waals surface area contributed by atoms with E-state index < -0.39 is 0 Å². The highest BCUT2D eigenvalue weighted by molar-refractivity contribution is 5.81. The Labute approximate surface area is 323 Å². The molecule has 4 aromatic carbocycles. The average molecular weight is 753 g/mol. The van der Waals surface area contributed by atoms with Crippen LogP contribution in [-0.2, 0) is 4.79 Å². The van der Waals surface area contributed by atoms with Gasteiger partial charge in [0, 0.05) is 40.5 Å². The second-order valence-corrected chi connectivity index (χ2v) is 11.9. The van der Waals surface area contributed by atoms with Gasteiger partial charge in [0.15, 0.2) is 52.3 Å². The zero-order valence-electron chi connectivity index (χ0n) is 33.0. The number of aldehydes is 1. The summed E-state index contributed by atoms with van der Waals surface area (Å²) in [5.74, 6) is 17.0. The normalized spacial score (nSPS) is 9.96. The molecule has 290 valence electrons. The number of benzene rings is 4. The Hall–Kier alpha value is -6.46. The van der Waals surface area contributed by atoms with E-state index in [9.17, 15) is 9.59 Å². The van der Waals surface area contributed by atoms with Gasteiger partial charge in [0.2, 0.25) is 0 Å². The summed E-state index contributed by atoms with van der Waals surface area (Å²) in [7, 11) is 6.27. The SMILES string of the molecule is CCOc1cc(C#Cc2cc(OC)c(OC(C)C)cc2C=O)ccc1OC.CCOc1cc(C#Cc2cc(OC)c(OC(C)C)cc2OC=O)ccc1OC. The van der Waals surface area contributed by atoms with Gasteiger partial charge < -0.3 is 42.6 Å². The lowest BCUT2D eigenvalue weighted by molar-refractivity contribution is -0.120. The summed E-state index contributed by atoms with van der Waals surface area (Å²) < 4.78 is 48.9. The number of methoxy groups -OCH3 is 4. The zero-order chi connectivity index (χ0) is 40.3. The van der Waals surface area contributed by atoms with Crippen LogP contribution in [0.2, 0.25) is 0 Å². The third-order valence-corrected chi connectivity index (χ3v) is 7.24. The highest BCUT2D eigenvalue weighted by Crippen LogP contribution is 2.36. The first-order chi connectivity index (χ1) is 26.5. The van der Waals surface area contributed by atoms with Crippen molar-refractivity contribution in [1.29, 1.82) is 0 Å². The first kappa shape index (κ1) is 42.9. The summed E-state index contributed by atoms with van der Waals surface area (Å²) >= 11 is 0. The summed E-state index contributed by atoms with van der Waals surface area (Å²) in [6.07, 6.45) is 0.661. The lowest BCUT2D eigenvalue weighted by Crippen LogP contribution is -2.07. The van der Waals surface area contributed by atoms with Crippen molar-refractivity contribution in [3.05, 3.63) is 88.5 Å². The van der Waals surface area contributed by atoms with Crippen molar-refractivity contribution in [3.8, 4) is 75.4 Å². The van der Waals surface area contributed by atoms with Crippen molar-refractivity contribution < 1.29 is 52.2 Å². The van der Waals surface area contributed by atoms with Crippen LogP contribution >= 0.6 is 0 Å². The van der Waals surface area contributed by atoms with Crippen LogP contribution in [0.25, 0.3) is 0 Å². The minimum absolute atomic E-state index is 0.0355. The molecule has 11 nitrogen and oxygen atoms in total. The number of carbonyl (C=O) groups excluding carboxylic acids is 2. The Bertz CT molecular complexity index is 2030. The van der Waals surface area contributed by atoms with Crippen LogP contribution in [-0.4, -0.2) is 66.6 Å². The monoisotopic (exact) mass is 752 g/mol. The number of rotatable bonds is 15. The first-order valence-electron chi connectivity index (χ1n) is 17.5. The maximum Gasteiger partial charge on any atom is 0.298 e. The Morgan fingerprint density at radius 3 is 1.38 bits per heavy atom. The van der Waals surface area contributed by atoms with Gasteiger partial charge in [-0.25, -0.2) is 0 Å². The van der Waals surface area contributed by atoms with Crippen molar-refractivity contribution in [2.45, 2.75) is 53.8 Å². The van der Waals surface area contributed by atoms with Gasteiger partial charge in [0.1, 0.15) is 5.75 Å². The van der Waals surface area contributed by atoms with Crippen LogP contribution in [0.1, 0.15) is 74.2 Å². The van der Waals surface area contributed by atoms with E-state index in [2.05, 4.69) is 23.7 Å². The van der Waals surface area contributed by atoms with Crippen molar-refractivity contribution in [1.82, 2.24) is 0 Å². The van der Waals surface area contributed by atoms with Gasteiger partial charge in [-0.15, -0.1) is 0 Å². The Balaban J connectivity index is 0.000000296. The summed E-state index contributed by atoms with van der Waals surface area (Å²) in [6.45, 7) is 12.8. The largest absolute Gasteiger partial charge is 0.493 e. The number of ether oxygens (including phenoxy) is 9. The molecule has 0 N–H and O–H groups in total. The van der Waals surface area contributed by atoms with Crippen LogP contribution < -0.4 is 42.6 Å². The van der Waals surface area contributed by atoms with Crippen LogP contribution in [0.4, 0.5) is 0 Å². The van der Waals surface area contributed by atoms with Gasteiger partial charge in [-0.3, -0.25) is 9.59 Å². The van der Waals surface area contributed by atoms with Gasteiger partial charge in [-0.05, 0) is 84.0 Å². The minimum Gasteiger partial charge on any atom is -0.493 e. The van der Waals surface area contributed by atoms with E-state index in [0.717, 1.165) is 17.4 Å². The molecule has 0 saturated heterocycles. The van der Waals surface area contributed by atoms with Gasteiger partial charge >= 0.3 is 0 Å². The second kappa shape index (κ2) is 21.9. The van der Waals surface area contributed by atoms with Crippen molar-refractivity contribution in [3.63, 3.8) is 0 Å². The Kier molecular flexibility index (Phi) is 17.1. The van der Waals surface area contributed by atoms with Gasteiger partial charge in [0.05, 0.1) is 59.4 Å². The molecule has 0 spiro atoms. The van der Waals surface area contributed by atoms with Crippen LogP contribution in [0.5, 0.6) is 51.7 Å². The Morgan fingerprint density at radius 2 is 0.964 bits per heavy atom. The van der Waals surface area contributed by atoms with Crippen molar-refractivity contribution in [2.75, 3.05) is 41.7 Å². The van der Waals surface area contributed by atoms with Gasteiger partial charge in [-0.1, -0.05) is 23.7 Å². The lowest BCUT2D eigenvalue weighted by Gasteiger charge is -2.15.